The summed E-state index contributed by atoms with van der Waals surface area (Å²) >= 11 is 0. The number of ether oxygens (including phenoxy) is 2. The van der Waals surface area contributed by atoms with Gasteiger partial charge in [0, 0.05) is 6.42 Å². The summed E-state index contributed by atoms with van der Waals surface area (Å²) in [4.78, 5) is 0. The Balaban J connectivity index is 2.61. The Labute approximate surface area is 110 Å². The molecule has 0 radical (unpaired) electrons. The van der Waals surface area contributed by atoms with E-state index in [0.717, 1.165) is 23.5 Å². The van der Waals surface area contributed by atoms with Crippen molar-refractivity contribution in [3.05, 3.63) is 23.8 Å². The normalized spacial score (nSPS) is 9.50. The molecule has 0 aliphatic rings. The first-order valence-electron chi connectivity index (χ1n) is 6.52. The number of rotatable bonds is 6. The summed E-state index contributed by atoms with van der Waals surface area (Å²) in [5, 5.41) is 0. The van der Waals surface area contributed by atoms with E-state index in [9.17, 15) is 0 Å². The van der Waals surface area contributed by atoms with Gasteiger partial charge in [0.1, 0.15) is 11.5 Å². The number of unbranched alkanes of at least 4 members (excludes halogenated alkanes) is 4. The van der Waals surface area contributed by atoms with E-state index in [4.69, 9.17) is 9.47 Å². The highest BCUT2D eigenvalue weighted by molar-refractivity contribution is 5.50. The molecular weight excluding hydrogens is 224 g/mol. The highest BCUT2D eigenvalue weighted by Crippen LogP contribution is 2.22. The molecule has 0 spiro atoms. The molecule has 2 nitrogen and oxygen atoms in total. The van der Waals surface area contributed by atoms with E-state index in [1.165, 1.54) is 25.7 Å². The standard InChI is InChI=1S/C16H22O2/c1-4-5-6-7-8-9-10-14-13-15(17-2)11-12-16(14)18-3/h11-13H,4-8H2,1-3H3. The van der Waals surface area contributed by atoms with Crippen molar-refractivity contribution in [3.63, 3.8) is 0 Å². The van der Waals surface area contributed by atoms with Crippen LogP contribution in [0.2, 0.25) is 0 Å². The SMILES string of the molecule is CCCCCCC#Cc1cc(OC)ccc1OC. The van der Waals surface area contributed by atoms with Gasteiger partial charge < -0.3 is 9.47 Å². The first-order chi connectivity index (χ1) is 8.81. The van der Waals surface area contributed by atoms with Gasteiger partial charge in [0.15, 0.2) is 0 Å². The van der Waals surface area contributed by atoms with Crippen molar-refractivity contribution in [2.75, 3.05) is 14.2 Å². The first kappa shape index (κ1) is 14.4. The molecule has 0 unspecified atom stereocenters. The topological polar surface area (TPSA) is 18.5 Å². The van der Waals surface area contributed by atoms with Crippen LogP contribution in [0, 0.1) is 11.8 Å². The molecule has 0 aliphatic heterocycles. The minimum Gasteiger partial charge on any atom is -0.497 e. The zero-order valence-corrected chi connectivity index (χ0v) is 11.6. The van der Waals surface area contributed by atoms with Gasteiger partial charge in [-0.3, -0.25) is 0 Å². The number of benzene rings is 1. The van der Waals surface area contributed by atoms with Crippen molar-refractivity contribution >= 4 is 0 Å². The summed E-state index contributed by atoms with van der Waals surface area (Å²) in [6, 6.07) is 5.68. The second-order valence-corrected chi connectivity index (χ2v) is 4.18. The molecule has 2 heteroatoms. The molecule has 0 bridgehead atoms. The molecule has 98 valence electrons. The van der Waals surface area contributed by atoms with E-state index in [2.05, 4.69) is 18.8 Å². The third-order valence-corrected chi connectivity index (χ3v) is 2.79. The summed E-state index contributed by atoms with van der Waals surface area (Å²) in [5.41, 5.74) is 0.896. The van der Waals surface area contributed by atoms with Crippen LogP contribution >= 0.6 is 0 Å². The summed E-state index contributed by atoms with van der Waals surface area (Å²) in [6.07, 6.45) is 5.94. The van der Waals surface area contributed by atoms with E-state index in [0.29, 0.717) is 0 Å². The maximum atomic E-state index is 5.28. The number of hydrogen-bond donors (Lipinski definition) is 0. The largest absolute Gasteiger partial charge is 0.497 e. The molecule has 0 aliphatic carbocycles. The third-order valence-electron chi connectivity index (χ3n) is 2.79. The van der Waals surface area contributed by atoms with E-state index in [1.54, 1.807) is 14.2 Å². The number of methoxy groups -OCH3 is 2. The zero-order valence-electron chi connectivity index (χ0n) is 11.6. The van der Waals surface area contributed by atoms with Crippen LogP contribution in [0.5, 0.6) is 11.5 Å². The van der Waals surface area contributed by atoms with Crippen LogP contribution < -0.4 is 9.47 Å². The smallest absolute Gasteiger partial charge is 0.134 e. The van der Waals surface area contributed by atoms with Crippen molar-refractivity contribution in [1.82, 2.24) is 0 Å². The van der Waals surface area contributed by atoms with Crippen molar-refractivity contribution < 1.29 is 9.47 Å². The lowest BCUT2D eigenvalue weighted by Gasteiger charge is -2.05. The van der Waals surface area contributed by atoms with Crippen molar-refractivity contribution in [2.45, 2.75) is 39.0 Å². The molecule has 0 atom stereocenters. The third kappa shape index (κ3) is 4.71. The minimum atomic E-state index is 0.803. The monoisotopic (exact) mass is 246 g/mol. The highest BCUT2D eigenvalue weighted by Gasteiger charge is 2.01. The zero-order chi connectivity index (χ0) is 13.2. The average Bonchev–Trinajstić information content (AvgIpc) is 2.42. The van der Waals surface area contributed by atoms with Gasteiger partial charge in [-0.15, -0.1) is 0 Å². The lowest BCUT2D eigenvalue weighted by atomic mass is 10.1. The second kappa shape index (κ2) is 8.47. The van der Waals surface area contributed by atoms with Gasteiger partial charge in [-0.1, -0.05) is 38.0 Å². The summed E-state index contributed by atoms with van der Waals surface area (Å²) in [5.74, 6) is 7.98. The molecule has 1 aromatic rings. The molecule has 0 aromatic heterocycles. The van der Waals surface area contributed by atoms with Crippen LogP contribution in [0.15, 0.2) is 18.2 Å². The Morgan fingerprint density at radius 2 is 1.89 bits per heavy atom. The van der Waals surface area contributed by atoms with Gasteiger partial charge in [0.25, 0.3) is 0 Å². The lowest BCUT2D eigenvalue weighted by molar-refractivity contribution is 0.402. The molecule has 0 amide bonds. The van der Waals surface area contributed by atoms with E-state index < -0.39 is 0 Å². The molecule has 1 rings (SSSR count). The lowest BCUT2D eigenvalue weighted by Crippen LogP contribution is -1.90. The highest BCUT2D eigenvalue weighted by atomic mass is 16.5. The molecule has 0 fully saturated rings. The van der Waals surface area contributed by atoms with Gasteiger partial charge in [0.05, 0.1) is 19.8 Å². The summed E-state index contributed by atoms with van der Waals surface area (Å²) in [7, 11) is 3.32. The molecule has 18 heavy (non-hydrogen) atoms. The van der Waals surface area contributed by atoms with Gasteiger partial charge in [-0.2, -0.15) is 0 Å². The van der Waals surface area contributed by atoms with Crippen LogP contribution in [0.3, 0.4) is 0 Å². The second-order valence-electron chi connectivity index (χ2n) is 4.18. The molecule has 0 saturated carbocycles. The Hall–Kier alpha value is -1.62. The predicted molar refractivity (Wildman–Crippen MR) is 75.2 cm³/mol. The predicted octanol–water partition coefficient (Wildman–Crippen LogP) is 4.03. The van der Waals surface area contributed by atoms with Gasteiger partial charge in [-0.25, -0.2) is 0 Å². The maximum absolute atomic E-state index is 5.28. The molecule has 0 N–H and O–H groups in total. The van der Waals surface area contributed by atoms with E-state index in [1.807, 2.05) is 18.2 Å². The maximum Gasteiger partial charge on any atom is 0.134 e. The Morgan fingerprint density at radius 3 is 2.56 bits per heavy atom. The fourth-order valence-corrected chi connectivity index (χ4v) is 1.71. The Morgan fingerprint density at radius 1 is 1.06 bits per heavy atom. The van der Waals surface area contributed by atoms with Crippen molar-refractivity contribution in [3.8, 4) is 23.3 Å². The fraction of sp³-hybridized carbons (Fsp3) is 0.500. The minimum absolute atomic E-state index is 0.803. The fourth-order valence-electron chi connectivity index (χ4n) is 1.71. The average molecular weight is 246 g/mol. The quantitative estimate of drug-likeness (QED) is 0.557. The molecule has 0 heterocycles. The van der Waals surface area contributed by atoms with Crippen molar-refractivity contribution in [1.29, 1.82) is 0 Å². The van der Waals surface area contributed by atoms with Crippen LogP contribution in [0.1, 0.15) is 44.6 Å². The van der Waals surface area contributed by atoms with Crippen LogP contribution in [0.4, 0.5) is 0 Å². The number of hydrogen-bond acceptors (Lipinski definition) is 2. The van der Waals surface area contributed by atoms with Gasteiger partial charge in [0.2, 0.25) is 0 Å². The molecular formula is C16H22O2. The van der Waals surface area contributed by atoms with Gasteiger partial charge >= 0.3 is 0 Å². The van der Waals surface area contributed by atoms with E-state index >= 15 is 0 Å². The van der Waals surface area contributed by atoms with Crippen LogP contribution in [-0.2, 0) is 0 Å². The first-order valence-corrected chi connectivity index (χ1v) is 6.52. The summed E-state index contributed by atoms with van der Waals surface area (Å²) in [6.45, 7) is 2.22. The van der Waals surface area contributed by atoms with E-state index in [-0.39, 0.29) is 0 Å². The Bertz CT molecular complexity index is 413. The van der Waals surface area contributed by atoms with Crippen LogP contribution in [0.25, 0.3) is 0 Å². The molecule has 1 aromatic carbocycles. The van der Waals surface area contributed by atoms with Gasteiger partial charge in [-0.05, 0) is 24.6 Å². The van der Waals surface area contributed by atoms with Crippen LogP contribution in [-0.4, -0.2) is 14.2 Å². The summed E-state index contributed by atoms with van der Waals surface area (Å²) < 4.78 is 10.5. The molecule has 0 saturated heterocycles. The van der Waals surface area contributed by atoms with Crippen molar-refractivity contribution in [2.24, 2.45) is 0 Å². The Kier molecular flexibility index (Phi) is 6.79.